The first kappa shape index (κ1) is 22.9. The summed E-state index contributed by atoms with van der Waals surface area (Å²) in [5, 5.41) is 7.97. The van der Waals surface area contributed by atoms with Crippen LogP contribution in [0.4, 0.5) is 0 Å². The van der Waals surface area contributed by atoms with E-state index in [-0.39, 0.29) is 36.8 Å². The third kappa shape index (κ3) is 5.73. The highest BCUT2D eigenvalue weighted by molar-refractivity contribution is 7.17. The molecule has 2 heterocycles. The molecule has 0 aliphatic heterocycles. The van der Waals surface area contributed by atoms with Gasteiger partial charge in [0.15, 0.2) is 0 Å². The molecule has 0 aliphatic rings. The molecule has 1 atom stereocenters. The molecule has 0 aliphatic carbocycles. The molecule has 0 bridgehead atoms. The van der Waals surface area contributed by atoms with Crippen LogP contribution in [0.2, 0.25) is 0 Å². The fourth-order valence-electron chi connectivity index (χ4n) is 2.21. The number of nitrogens with one attached hydrogen (secondary N) is 1. The number of hydrogen-bond donors (Lipinski definition) is 2. The highest BCUT2D eigenvalue weighted by Gasteiger charge is 2.19. The van der Waals surface area contributed by atoms with E-state index in [0.717, 1.165) is 35.5 Å². The van der Waals surface area contributed by atoms with Crippen molar-refractivity contribution < 1.29 is 4.79 Å². The van der Waals surface area contributed by atoms with E-state index in [2.05, 4.69) is 22.3 Å². The Balaban J connectivity index is 0.00000264. The van der Waals surface area contributed by atoms with Crippen molar-refractivity contribution in [2.24, 2.45) is 12.8 Å². The lowest BCUT2D eigenvalue weighted by molar-refractivity contribution is 0.0939. The highest BCUT2D eigenvalue weighted by Crippen LogP contribution is 2.27. The van der Waals surface area contributed by atoms with Gasteiger partial charge >= 0.3 is 0 Å². The zero-order valence-electron chi connectivity index (χ0n) is 14.1. The van der Waals surface area contributed by atoms with Gasteiger partial charge in [0, 0.05) is 31.4 Å². The van der Waals surface area contributed by atoms with Crippen molar-refractivity contribution in [1.29, 1.82) is 0 Å². The van der Waals surface area contributed by atoms with Crippen LogP contribution in [0.15, 0.2) is 12.4 Å². The van der Waals surface area contributed by atoms with Crippen molar-refractivity contribution >= 4 is 42.1 Å². The number of thiazole rings is 1. The first-order valence-electron chi connectivity index (χ1n) is 7.52. The highest BCUT2D eigenvalue weighted by atomic mass is 35.5. The second kappa shape index (κ2) is 10.7. The summed E-state index contributed by atoms with van der Waals surface area (Å²) < 4.78 is 1.72. The molecule has 2 rings (SSSR count). The van der Waals surface area contributed by atoms with E-state index < -0.39 is 0 Å². The number of aromatic nitrogens is 3. The van der Waals surface area contributed by atoms with Crippen LogP contribution in [0.1, 0.15) is 41.6 Å². The molecule has 0 fully saturated rings. The van der Waals surface area contributed by atoms with Crippen molar-refractivity contribution in [3.8, 4) is 10.6 Å². The molecule has 0 saturated carbocycles. The number of nitrogens with two attached hydrogens (primary N) is 1. The van der Waals surface area contributed by atoms with Crippen LogP contribution in [0, 0.1) is 6.92 Å². The Kier molecular flexibility index (Phi) is 10.1. The number of carbonyl (C=O) groups is 1. The van der Waals surface area contributed by atoms with E-state index in [4.69, 9.17) is 5.73 Å². The molecule has 6 nitrogen and oxygen atoms in total. The molecule has 0 aromatic carbocycles. The monoisotopic (exact) mass is 393 g/mol. The van der Waals surface area contributed by atoms with Gasteiger partial charge in [0.2, 0.25) is 0 Å². The minimum Gasteiger partial charge on any atom is -0.347 e. The van der Waals surface area contributed by atoms with Gasteiger partial charge in [-0.1, -0.05) is 19.8 Å². The number of carbonyl (C=O) groups excluding carboxylic acids is 1. The van der Waals surface area contributed by atoms with Crippen molar-refractivity contribution in [1.82, 2.24) is 20.1 Å². The quantitative estimate of drug-likeness (QED) is 0.756. The van der Waals surface area contributed by atoms with E-state index in [9.17, 15) is 4.79 Å². The molecule has 2 aromatic heterocycles. The number of hydrogen-bond acceptors (Lipinski definition) is 5. The normalized spacial score (nSPS) is 11.3. The standard InChI is InChI=1S/C15H23N5OS.2ClH/c1-4-5-6-12(7-16)19-14(21)13-10(2)18-15(22-13)11-8-17-20(3)9-11;;/h8-9,12H,4-7,16H2,1-3H3,(H,19,21);2*1H. The predicted molar refractivity (Wildman–Crippen MR) is 103 cm³/mol. The summed E-state index contributed by atoms with van der Waals surface area (Å²) in [5.74, 6) is -0.0864. The number of halogens is 2. The van der Waals surface area contributed by atoms with Crippen LogP contribution in [-0.4, -0.2) is 33.3 Å². The molecular weight excluding hydrogens is 369 g/mol. The topological polar surface area (TPSA) is 85.8 Å². The van der Waals surface area contributed by atoms with Crippen LogP contribution < -0.4 is 11.1 Å². The molecule has 9 heteroatoms. The number of nitrogens with zero attached hydrogens (tertiary/aromatic N) is 3. The van der Waals surface area contributed by atoms with Gasteiger partial charge in [-0.25, -0.2) is 4.98 Å². The summed E-state index contributed by atoms with van der Waals surface area (Å²) in [6, 6.07) is 0.0239. The second-order valence-electron chi connectivity index (χ2n) is 5.38. The van der Waals surface area contributed by atoms with E-state index in [0.29, 0.717) is 11.4 Å². The zero-order valence-corrected chi connectivity index (χ0v) is 16.6. The van der Waals surface area contributed by atoms with E-state index >= 15 is 0 Å². The Bertz CT molecular complexity index is 644. The molecular formula is C15H25Cl2N5OS. The smallest absolute Gasteiger partial charge is 0.263 e. The molecule has 3 N–H and O–H groups in total. The Morgan fingerprint density at radius 1 is 1.46 bits per heavy atom. The van der Waals surface area contributed by atoms with Crippen LogP contribution in [0.5, 0.6) is 0 Å². The largest absolute Gasteiger partial charge is 0.347 e. The third-order valence-corrected chi connectivity index (χ3v) is 4.69. The number of aryl methyl sites for hydroxylation is 2. The maximum atomic E-state index is 12.4. The van der Waals surface area contributed by atoms with Crippen LogP contribution in [0.25, 0.3) is 10.6 Å². The third-order valence-electron chi connectivity index (χ3n) is 3.48. The molecule has 0 saturated heterocycles. The summed E-state index contributed by atoms with van der Waals surface area (Å²) in [5.41, 5.74) is 7.41. The number of rotatable bonds is 7. The van der Waals surface area contributed by atoms with Crippen molar-refractivity contribution in [2.75, 3.05) is 6.54 Å². The molecule has 0 radical (unpaired) electrons. The summed E-state index contributed by atoms with van der Waals surface area (Å²) in [6.07, 6.45) is 6.71. The fourth-order valence-corrected chi connectivity index (χ4v) is 3.16. The second-order valence-corrected chi connectivity index (χ2v) is 6.38. The Morgan fingerprint density at radius 2 is 2.17 bits per heavy atom. The first-order chi connectivity index (χ1) is 10.5. The molecule has 1 amide bonds. The minimum absolute atomic E-state index is 0. The van der Waals surface area contributed by atoms with Crippen LogP contribution in [-0.2, 0) is 7.05 Å². The number of unbranched alkanes of at least 4 members (excludes halogenated alkanes) is 1. The van der Waals surface area contributed by atoms with Crippen molar-refractivity contribution in [3.63, 3.8) is 0 Å². The van der Waals surface area contributed by atoms with Gasteiger partial charge in [-0.05, 0) is 13.3 Å². The average Bonchev–Trinajstić information content (AvgIpc) is 3.09. The Morgan fingerprint density at radius 3 is 2.71 bits per heavy atom. The lowest BCUT2D eigenvalue weighted by atomic mass is 10.1. The van der Waals surface area contributed by atoms with Gasteiger partial charge in [0.25, 0.3) is 5.91 Å². The summed E-state index contributed by atoms with van der Waals surface area (Å²) >= 11 is 1.39. The average molecular weight is 394 g/mol. The number of amides is 1. The maximum Gasteiger partial charge on any atom is 0.263 e. The predicted octanol–water partition coefficient (Wildman–Crippen LogP) is 2.94. The van der Waals surface area contributed by atoms with Gasteiger partial charge in [-0.3, -0.25) is 9.48 Å². The van der Waals surface area contributed by atoms with Crippen molar-refractivity contribution in [2.45, 2.75) is 39.2 Å². The zero-order chi connectivity index (χ0) is 16.1. The molecule has 24 heavy (non-hydrogen) atoms. The molecule has 136 valence electrons. The Labute approximate surface area is 159 Å². The molecule has 2 aromatic rings. The van der Waals surface area contributed by atoms with E-state index in [1.165, 1.54) is 11.3 Å². The van der Waals surface area contributed by atoms with Crippen LogP contribution in [0.3, 0.4) is 0 Å². The fraction of sp³-hybridized carbons (Fsp3) is 0.533. The SMILES string of the molecule is CCCCC(CN)NC(=O)c1sc(-c2cnn(C)c2)nc1C.Cl.Cl. The lowest BCUT2D eigenvalue weighted by Gasteiger charge is -2.15. The minimum atomic E-state index is -0.0864. The van der Waals surface area contributed by atoms with Gasteiger partial charge in [-0.15, -0.1) is 36.2 Å². The molecule has 1 unspecified atom stereocenters. The summed E-state index contributed by atoms with van der Waals surface area (Å²) in [6.45, 7) is 4.44. The van der Waals surface area contributed by atoms with Crippen LogP contribution >= 0.6 is 36.2 Å². The van der Waals surface area contributed by atoms with Gasteiger partial charge in [-0.2, -0.15) is 5.10 Å². The van der Waals surface area contributed by atoms with E-state index in [1.807, 2.05) is 20.2 Å². The summed E-state index contributed by atoms with van der Waals surface area (Å²) in [7, 11) is 1.86. The lowest BCUT2D eigenvalue weighted by Crippen LogP contribution is -2.40. The van der Waals surface area contributed by atoms with Gasteiger partial charge in [0.05, 0.1) is 11.9 Å². The maximum absolute atomic E-state index is 12.4. The van der Waals surface area contributed by atoms with Gasteiger partial charge < -0.3 is 11.1 Å². The summed E-state index contributed by atoms with van der Waals surface area (Å²) in [4.78, 5) is 17.6. The first-order valence-corrected chi connectivity index (χ1v) is 8.34. The van der Waals surface area contributed by atoms with E-state index in [1.54, 1.807) is 10.9 Å². The van der Waals surface area contributed by atoms with Gasteiger partial charge in [0.1, 0.15) is 9.88 Å². The molecule has 0 spiro atoms. The Hall–Kier alpha value is -1.15. The van der Waals surface area contributed by atoms with Crippen molar-refractivity contribution in [3.05, 3.63) is 23.0 Å².